The van der Waals surface area contributed by atoms with Gasteiger partial charge in [0.15, 0.2) is 6.29 Å². The highest BCUT2D eigenvalue weighted by atomic mass is 16.7. The summed E-state index contributed by atoms with van der Waals surface area (Å²) in [5.41, 5.74) is 0. The van der Waals surface area contributed by atoms with E-state index < -0.39 is 0 Å². The van der Waals surface area contributed by atoms with Crippen LogP contribution in [0.1, 0.15) is 25.6 Å². The van der Waals surface area contributed by atoms with Gasteiger partial charge in [0.1, 0.15) is 11.8 Å². The van der Waals surface area contributed by atoms with Crippen LogP contribution in [-0.2, 0) is 9.47 Å². The molecule has 1 aromatic rings. The van der Waals surface area contributed by atoms with Gasteiger partial charge in [0.2, 0.25) is 0 Å². The zero-order valence-electron chi connectivity index (χ0n) is 9.53. The Bertz CT molecular complexity index is 242. The van der Waals surface area contributed by atoms with Crippen molar-refractivity contribution in [3.63, 3.8) is 0 Å². The molecule has 1 N–H and O–H groups in total. The monoisotopic (exact) mass is 213 g/mol. The maximum atomic E-state index is 5.51. The predicted molar refractivity (Wildman–Crippen MR) is 57.5 cm³/mol. The number of furan rings is 1. The van der Waals surface area contributed by atoms with Crippen molar-refractivity contribution in [3.05, 3.63) is 24.2 Å². The zero-order chi connectivity index (χ0) is 11.1. The molecule has 0 spiro atoms. The smallest absolute Gasteiger partial charge is 0.179 e. The third-order valence-electron chi connectivity index (χ3n) is 2.09. The number of rotatable bonds is 7. The Morgan fingerprint density at radius 3 is 2.40 bits per heavy atom. The fourth-order valence-corrected chi connectivity index (χ4v) is 1.45. The van der Waals surface area contributed by atoms with Crippen molar-refractivity contribution in [2.75, 3.05) is 20.3 Å². The van der Waals surface area contributed by atoms with Crippen LogP contribution >= 0.6 is 0 Å². The van der Waals surface area contributed by atoms with E-state index in [0.29, 0.717) is 13.2 Å². The minimum absolute atomic E-state index is 0.0695. The van der Waals surface area contributed by atoms with E-state index in [9.17, 15) is 0 Å². The van der Waals surface area contributed by atoms with E-state index in [0.717, 1.165) is 5.76 Å². The largest absolute Gasteiger partial charge is 0.467 e. The summed E-state index contributed by atoms with van der Waals surface area (Å²) in [5.74, 6) is 0.824. The molecular formula is C11H19NO3. The topological polar surface area (TPSA) is 43.6 Å². The van der Waals surface area contributed by atoms with Gasteiger partial charge < -0.3 is 19.2 Å². The molecule has 0 aromatic carbocycles. The molecule has 0 saturated heterocycles. The lowest BCUT2D eigenvalue weighted by molar-refractivity contribution is -0.157. The molecule has 1 heterocycles. The molecule has 1 aromatic heterocycles. The van der Waals surface area contributed by atoms with Crippen LogP contribution in [-0.4, -0.2) is 26.6 Å². The maximum Gasteiger partial charge on any atom is 0.179 e. The molecule has 1 unspecified atom stereocenters. The van der Waals surface area contributed by atoms with Crippen LogP contribution in [0.25, 0.3) is 0 Å². The minimum atomic E-state index is -0.309. The molecular weight excluding hydrogens is 194 g/mol. The van der Waals surface area contributed by atoms with Crippen LogP contribution in [0.4, 0.5) is 0 Å². The summed E-state index contributed by atoms with van der Waals surface area (Å²) >= 11 is 0. The summed E-state index contributed by atoms with van der Waals surface area (Å²) in [4.78, 5) is 0. The fraction of sp³-hybridized carbons (Fsp3) is 0.636. The van der Waals surface area contributed by atoms with Gasteiger partial charge in [-0.25, -0.2) is 0 Å². The van der Waals surface area contributed by atoms with Crippen LogP contribution in [0.3, 0.4) is 0 Å². The van der Waals surface area contributed by atoms with Crippen molar-refractivity contribution in [3.8, 4) is 0 Å². The Labute approximate surface area is 90.6 Å². The third-order valence-corrected chi connectivity index (χ3v) is 2.09. The van der Waals surface area contributed by atoms with E-state index in [1.54, 1.807) is 6.26 Å². The van der Waals surface area contributed by atoms with Crippen molar-refractivity contribution in [1.29, 1.82) is 0 Å². The first-order chi connectivity index (χ1) is 7.33. The van der Waals surface area contributed by atoms with Crippen molar-refractivity contribution in [1.82, 2.24) is 5.32 Å². The highest BCUT2D eigenvalue weighted by Crippen LogP contribution is 2.20. The van der Waals surface area contributed by atoms with Gasteiger partial charge in [-0.2, -0.15) is 0 Å². The number of hydrogen-bond acceptors (Lipinski definition) is 4. The van der Waals surface area contributed by atoms with Crippen LogP contribution in [0.5, 0.6) is 0 Å². The summed E-state index contributed by atoms with van der Waals surface area (Å²) in [6.45, 7) is 5.12. The summed E-state index contributed by atoms with van der Waals surface area (Å²) in [5, 5.41) is 3.13. The van der Waals surface area contributed by atoms with Crippen molar-refractivity contribution in [2.45, 2.75) is 26.2 Å². The molecule has 0 aliphatic rings. The van der Waals surface area contributed by atoms with Gasteiger partial charge in [0.05, 0.1) is 6.26 Å². The molecule has 1 rings (SSSR count). The average Bonchev–Trinajstić information content (AvgIpc) is 2.73. The van der Waals surface area contributed by atoms with E-state index in [-0.39, 0.29) is 12.3 Å². The molecule has 86 valence electrons. The number of ether oxygens (including phenoxy) is 2. The van der Waals surface area contributed by atoms with Crippen LogP contribution in [0, 0.1) is 0 Å². The minimum Gasteiger partial charge on any atom is -0.467 e. The lowest BCUT2D eigenvalue weighted by Crippen LogP contribution is -2.33. The summed E-state index contributed by atoms with van der Waals surface area (Å²) in [7, 11) is 1.86. The first-order valence-corrected chi connectivity index (χ1v) is 5.27. The van der Waals surface area contributed by atoms with E-state index in [4.69, 9.17) is 13.9 Å². The average molecular weight is 213 g/mol. The van der Waals surface area contributed by atoms with E-state index >= 15 is 0 Å². The second-order valence-corrected chi connectivity index (χ2v) is 3.06. The Hall–Kier alpha value is -0.840. The van der Waals surface area contributed by atoms with Gasteiger partial charge in [-0.15, -0.1) is 0 Å². The first kappa shape index (κ1) is 12.2. The molecule has 0 bridgehead atoms. The standard InChI is InChI=1S/C11H19NO3/c1-4-13-11(14-5-2)10(12-3)9-7-6-8-15-9/h6-8,10-12H,4-5H2,1-3H3. The first-order valence-electron chi connectivity index (χ1n) is 5.27. The summed E-state index contributed by atoms with van der Waals surface area (Å²) in [6, 6.07) is 3.70. The molecule has 0 fully saturated rings. The van der Waals surface area contributed by atoms with Gasteiger partial charge in [-0.05, 0) is 33.0 Å². The normalized spacial score (nSPS) is 13.3. The highest BCUT2D eigenvalue weighted by molar-refractivity contribution is 5.05. The second kappa shape index (κ2) is 6.61. The SMILES string of the molecule is CCOC(OCC)C(NC)c1ccco1. The van der Waals surface area contributed by atoms with Gasteiger partial charge in [0.25, 0.3) is 0 Å². The molecule has 4 heteroatoms. The second-order valence-electron chi connectivity index (χ2n) is 3.06. The van der Waals surface area contributed by atoms with Crippen molar-refractivity contribution < 1.29 is 13.9 Å². The molecule has 0 amide bonds. The third kappa shape index (κ3) is 3.34. The lowest BCUT2D eigenvalue weighted by Gasteiger charge is -2.24. The molecule has 0 aliphatic carbocycles. The molecule has 0 saturated carbocycles. The summed E-state index contributed by atoms with van der Waals surface area (Å²) < 4.78 is 16.4. The van der Waals surface area contributed by atoms with Gasteiger partial charge in [-0.1, -0.05) is 0 Å². The van der Waals surface area contributed by atoms with Gasteiger partial charge in [-0.3, -0.25) is 0 Å². The van der Waals surface area contributed by atoms with Crippen molar-refractivity contribution >= 4 is 0 Å². The molecule has 4 nitrogen and oxygen atoms in total. The van der Waals surface area contributed by atoms with E-state index in [1.165, 1.54) is 0 Å². The quantitative estimate of drug-likeness (QED) is 0.703. The van der Waals surface area contributed by atoms with Crippen LogP contribution in [0.2, 0.25) is 0 Å². The Morgan fingerprint density at radius 1 is 1.33 bits per heavy atom. The number of likely N-dealkylation sites (N-methyl/N-ethyl adjacent to an activating group) is 1. The van der Waals surface area contributed by atoms with Gasteiger partial charge in [0, 0.05) is 13.2 Å². The Balaban J connectivity index is 2.69. The van der Waals surface area contributed by atoms with E-state index in [1.807, 2.05) is 33.0 Å². The van der Waals surface area contributed by atoms with E-state index in [2.05, 4.69) is 5.32 Å². The lowest BCUT2D eigenvalue weighted by atomic mass is 10.2. The maximum absolute atomic E-state index is 5.51. The van der Waals surface area contributed by atoms with Crippen LogP contribution in [0.15, 0.2) is 22.8 Å². The van der Waals surface area contributed by atoms with Crippen LogP contribution < -0.4 is 5.32 Å². The Kier molecular flexibility index (Phi) is 5.39. The molecule has 0 radical (unpaired) electrons. The van der Waals surface area contributed by atoms with Crippen molar-refractivity contribution in [2.24, 2.45) is 0 Å². The summed E-state index contributed by atoms with van der Waals surface area (Å²) in [6.07, 6.45) is 1.34. The van der Waals surface area contributed by atoms with Gasteiger partial charge >= 0.3 is 0 Å². The predicted octanol–water partition coefficient (Wildman–Crippen LogP) is 1.94. The molecule has 0 aliphatic heterocycles. The molecule has 15 heavy (non-hydrogen) atoms. The molecule has 1 atom stereocenters. The highest BCUT2D eigenvalue weighted by Gasteiger charge is 2.24. The zero-order valence-corrected chi connectivity index (χ0v) is 9.53. The number of nitrogens with one attached hydrogen (secondary N) is 1. The fourth-order valence-electron chi connectivity index (χ4n) is 1.45. The Morgan fingerprint density at radius 2 is 2.00 bits per heavy atom. The number of hydrogen-bond donors (Lipinski definition) is 1.